The first kappa shape index (κ1) is 16.4. The summed E-state index contributed by atoms with van der Waals surface area (Å²) >= 11 is 0. The maximum absolute atomic E-state index is 12.0. The molecule has 1 aliphatic heterocycles. The Hall–Kier alpha value is -2.49. The lowest BCUT2D eigenvalue weighted by atomic mass is 10.1. The molecule has 0 aromatic heterocycles. The number of nitrogens with zero attached hydrogens (tertiary/aromatic N) is 2. The van der Waals surface area contributed by atoms with Crippen molar-refractivity contribution < 1.29 is 9.53 Å². The Morgan fingerprint density at radius 1 is 1.21 bits per heavy atom. The van der Waals surface area contributed by atoms with Gasteiger partial charge in [-0.3, -0.25) is 0 Å². The van der Waals surface area contributed by atoms with Gasteiger partial charge in [0.25, 0.3) is 0 Å². The fourth-order valence-electron chi connectivity index (χ4n) is 3.08. The lowest BCUT2D eigenvalue weighted by molar-refractivity contribution is 0.163. The van der Waals surface area contributed by atoms with Crippen LogP contribution in [0.2, 0.25) is 0 Å². The quantitative estimate of drug-likeness (QED) is 0.830. The Balaban J connectivity index is 1.68. The highest BCUT2D eigenvalue weighted by molar-refractivity contribution is 5.71. The summed E-state index contributed by atoms with van der Waals surface area (Å²) in [5.41, 5.74) is 3.79. The normalized spacial score (nSPS) is 12.8. The molecule has 0 spiro atoms. The van der Waals surface area contributed by atoms with E-state index in [1.54, 1.807) is 11.9 Å². The molecule has 2 aromatic rings. The molecule has 0 N–H and O–H groups in total. The molecule has 4 heteroatoms. The van der Waals surface area contributed by atoms with E-state index >= 15 is 0 Å². The Morgan fingerprint density at radius 2 is 2.00 bits per heavy atom. The molecule has 0 fully saturated rings. The predicted octanol–water partition coefficient (Wildman–Crippen LogP) is 4.09. The summed E-state index contributed by atoms with van der Waals surface area (Å²) in [7, 11) is 1.76. The smallest absolute Gasteiger partial charge is 0.410 e. The molecule has 0 aliphatic carbocycles. The molecule has 4 nitrogen and oxygen atoms in total. The molecule has 1 aliphatic rings. The van der Waals surface area contributed by atoms with Crippen LogP contribution in [-0.4, -0.2) is 31.1 Å². The molecule has 0 saturated heterocycles. The number of fused-ring (bicyclic) bond motifs is 1. The van der Waals surface area contributed by atoms with E-state index in [4.69, 9.17) is 4.74 Å². The molecule has 126 valence electrons. The zero-order valence-corrected chi connectivity index (χ0v) is 14.4. The van der Waals surface area contributed by atoms with Crippen molar-refractivity contribution in [2.45, 2.75) is 26.3 Å². The van der Waals surface area contributed by atoms with Crippen LogP contribution in [0.5, 0.6) is 5.75 Å². The lowest BCUT2D eigenvalue weighted by Gasteiger charge is -2.20. The predicted molar refractivity (Wildman–Crippen MR) is 96.6 cm³/mol. The fourth-order valence-corrected chi connectivity index (χ4v) is 3.08. The van der Waals surface area contributed by atoms with Gasteiger partial charge in [0, 0.05) is 32.4 Å². The van der Waals surface area contributed by atoms with Crippen LogP contribution < -0.4 is 9.64 Å². The van der Waals surface area contributed by atoms with Crippen LogP contribution in [-0.2, 0) is 13.0 Å². The highest BCUT2D eigenvalue weighted by Crippen LogP contribution is 2.32. The number of hydrogen-bond donors (Lipinski definition) is 0. The van der Waals surface area contributed by atoms with Crippen molar-refractivity contribution in [3.05, 3.63) is 59.7 Å². The average molecular weight is 324 g/mol. The molecule has 2 aromatic carbocycles. The van der Waals surface area contributed by atoms with E-state index in [9.17, 15) is 4.79 Å². The molecule has 0 radical (unpaired) electrons. The summed E-state index contributed by atoms with van der Waals surface area (Å²) in [6.45, 7) is 4.65. The first-order valence-corrected chi connectivity index (χ1v) is 8.52. The van der Waals surface area contributed by atoms with E-state index in [-0.39, 0.29) is 6.09 Å². The molecule has 1 heterocycles. The molecular weight excluding hydrogens is 300 g/mol. The summed E-state index contributed by atoms with van der Waals surface area (Å²) in [5.74, 6) is 0.628. The van der Waals surface area contributed by atoms with E-state index < -0.39 is 0 Å². The third-order valence-electron chi connectivity index (χ3n) is 4.33. The SMILES string of the molecule is CCCN(C)C(=O)Oc1ccc2c(c1)CCN2Cc1ccccc1. The number of carbonyl (C=O) groups excluding carboxylic acids is 1. The van der Waals surface area contributed by atoms with Gasteiger partial charge >= 0.3 is 6.09 Å². The fraction of sp³-hybridized carbons (Fsp3) is 0.350. The van der Waals surface area contributed by atoms with Crippen LogP contribution in [0.25, 0.3) is 0 Å². The first-order valence-electron chi connectivity index (χ1n) is 8.52. The van der Waals surface area contributed by atoms with Crippen LogP contribution in [0.3, 0.4) is 0 Å². The van der Waals surface area contributed by atoms with Gasteiger partial charge in [0.1, 0.15) is 5.75 Å². The van der Waals surface area contributed by atoms with Crippen LogP contribution in [0.15, 0.2) is 48.5 Å². The van der Waals surface area contributed by atoms with E-state index in [1.165, 1.54) is 16.8 Å². The Kier molecular flexibility index (Phi) is 5.04. The molecule has 1 amide bonds. The van der Waals surface area contributed by atoms with Crippen LogP contribution in [0, 0.1) is 0 Å². The number of rotatable bonds is 5. The zero-order chi connectivity index (χ0) is 16.9. The maximum atomic E-state index is 12.0. The zero-order valence-electron chi connectivity index (χ0n) is 14.4. The molecule has 0 saturated carbocycles. The second-order valence-electron chi connectivity index (χ2n) is 6.24. The van der Waals surface area contributed by atoms with Gasteiger partial charge in [-0.25, -0.2) is 4.79 Å². The van der Waals surface area contributed by atoms with E-state index in [0.717, 1.165) is 25.9 Å². The van der Waals surface area contributed by atoms with Gasteiger partial charge in [0.2, 0.25) is 0 Å². The lowest BCUT2D eigenvalue weighted by Crippen LogP contribution is -2.30. The minimum Gasteiger partial charge on any atom is -0.410 e. The number of carbonyl (C=O) groups is 1. The van der Waals surface area contributed by atoms with E-state index in [2.05, 4.69) is 35.2 Å². The van der Waals surface area contributed by atoms with E-state index in [1.807, 2.05) is 25.1 Å². The van der Waals surface area contributed by atoms with Crippen molar-refractivity contribution in [2.24, 2.45) is 0 Å². The number of amides is 1. The molecule has 24 heavy (non-hydrogen) atoms. The molecule has 0 bridgehead atoms. The van der Waals surface area contributed by atoms with Crippen molar-refractivity contribution in [3.8, 4) is 5.75 Å². The first-order chi connectivity index (χ1) is 11.7. The standard InChI is InChI=1S/C20H24N2O2/c1-3-12-21(2)20(23)24-18-9-10-19-17(14-18)11-13-22(19)15-16-7-5-4-6-8-16/h4-10,14H,3,11-13,15H2,1-2H3. The molecule has 3 rings (SSSR count). The van der Waals surface area contributed by atoms with Gasteiger partial charge in [-0.15, -0.1) is 0 Å². The minimum absolute atomic E-state index is 0.295. The van der Waals surface area contributed by atoms with Crippen molar-refractivity contribution >= 4 is 11.8 Å². The van der Waals surface area contributed by atoms with E-state index in [0.29, 0.717) is 12.3 Å². The average Bonchev–Trinajstić information content (AvgIpc) is 2.98. The highest BCUT2D eigenvalue weighted by atomic mass is 16.6. The largest absolute Gasteiger partial charge is 0.414 e. The molecule has 0 atom stereocenters. The summed E-state index contributed by atoms with van der Waals surface area (Å²) in [5, 5.41) is 0. The monoisotopic (exact) mass is 324 g/mol. The van der Waals surface area contributed by atoms with Gasteiger partial charge < -0.3 is 14.5 Å². The Bertz CT molecular complexity index is 700. The summed E-state index contributed by atoms with van der Waals surface area (Å²) in [6.07, 6.45) is 1.61. The van der Waals surface area contributed by atoms with Crippen molar-refractivity contribution in [1.29, 1.82) is 0 Å². The number of anilines is 1. The molecule has 0 unspecified atom stereocenters. The van der Waals surface area contributed by atoms with Crippen molar-refractivity contribution in [1.82, 2.24) is 4.90 Å². The van der Waals surface area contributed by atoms with Gasteiger partial charge in [-0.05, 0) is 42.2 Å². The maximum Gasteiger partial charge on any atom is 0.414 e. The Labute approximate surface area is 143 Å². The Morgan fingerprint density at radius 3 is 2.75 bits per heavy atom. The van der Waals surface area contributed by atoms with Gasteiger partial charge in [0.05, 0.1) is 0 Å². The van der Waals surface area contributed by atoms with Crippen LogP contribution in [0.4, 0.5) is 10.5 Å². The number of benzene rings is 2. The van der Waals surface area contributed by atoms with Gasteiger partial charge in [0.15, 0.2) is 0 Å². The van der Waals surface area contributed by atoms with Crippen molar-refractivity contribution in [3.63, 3.8) is 0 Å². The number of ether oxygens (including phenoxy) is 1. The van der Waals surface area contributed by atoms with Crippen molar-refractivity contribution in [2.75, 3.05) is 25.0 Å². The minimum atomic E-state index is -0.295. The third kappa shape index (κ3) is 3.70. The topological polar surface area (TPSA) is 32.8 Å². The van der Waals surface area contributed by atoms with Crippen LogP contribution in [0.1, 0.15) is 24.5 Å². The van der Waals surface area contributed by atoms with Gasteiger partial charge in [-0.2, -0.15) is 0 Å². The second-order valence-corrected chi connectivity index (χ2v) is 6.24. The third-order valence-corrected chi connectivity index (χ3v) is 4.33. The highest BCUT2D eigenvalue weighted by Gasteiger charge is 2.20. The number of hydrogen-bond acceptors (Lipinski definition) is 3. The van der Waals surface area contributed by atoms with Gasteiger partial charge in [-0.1, -0.05) is 37.3 Å². The molecular formula is C20H24N2O2. The van der Waals surface area contributed by atoms with Crippen LogP contribution >= 0.6 is 0 Å². The second kappa shape index (κ2) is 7.39. The summed E-state index contributed by atoms with van der Waals surface area (Å²) in [6, 6.07) is 16.4. The summed E-state index contributed by atoms with van der Waals surface area (Å²) in [4.78, 5) is 16.0. The summed E-state index contributed by atoms with van der Waals surface area (Å²) < 4.78 is 5.48.